The lowest BCUT2D eigenvalue weighted by molar-refractivity contribution is -0.134. The highest BCUT2D eigenvalue weighted by Gasteiger charge is 2.38. The lowest BCUT2D eigenvalue weighted by Gasteiger charge is -2.30. The van der Waals surface area contributed by atoms with Gasteiger partial charge >= 0.3 is 0 Å². The Hall–Kier alpha value is -3.77. The third kappa shape index (κ3) is 3.80. The molecule has 6 nitrogen and oxygen atoms in total. The molecule has 3 aromatic rings. The Morgan fingerprint density at radius 1 is 0.853 bits per heavy atom. The number of carbonyl (C=O) groups is 3. The molecule has 2 atom stereocenters. The first kappa shape index (κ1) is 22.0. The van der Waals surface area contributed by atoms with Gasteiger partial charge in [0.25, 0.3) is 0 Å². The zero-order valence-corrected chi connectivity index (χ0v) is 19.0. The van der Waals surface area contributed by atoms with Crippen LogP contribution < -0.4 is 9.47 Å². The van der Waals surface area contributed by atoms with Gasteiger partial charge in [0, 0.05) is 29.5 Å². The Kier molecular flexibility index (Phi) is 5.75. The second-order valence-electron chi connectivity index (χ2n) is 8.60. The number of methoxy groups -OCH3 is 1. The number of ether oxygens (including phenoxy) is 3. The maximum Gasteiger partial charge on any atom is 0.198 e. The lowest BCUT2D eigenvalue weighted by Crippen LogP contribution is -2.28. The van der Waals surface area contributed by atoms with Crippen molar-refractivity contribution in [2.45, 2.75) is 38.6 Å². The van der Waals surface area contributed by atoms with Crippen LogP contribution in [0.3, 0.4) is 0 Å². The van der Waals surface area contributed by atoms with Crippen LogP contribution in [0, 0.1) is 0 Å². The van der Waals surface area contributed by atoms with Crippen molar-refractivity contribution in [3.05, 3.63) is 94.0 Å². The minimum absolute atomic E-state index is 0.0907. The average Bonchev–Trinajstić information content (AvgIpc) is 2.85. The highest BCUT2D eigenvalue weighted by molar-refractivity contribution is 6.30. The van der Waals surface area contributed by atoms with Crippen molar-refractivity contribution in [1.82, 2.24) is 0 Å². The summed E-state index contributed by atoms with van der Waals surface area (Å²) in [5.41, 5.74) is 2.49. The van der Waals surface area contributed by atoms with Gasteiger partial charge in [0.15, 0.2) is 11.6 Å². The first-order valence-electron chi connectivity index (χ1n) is 11.2. The van der Waals surface area contributed by atoms with Crippen molar-refractivity contribution in [3.8, 4) is 11.5 Å². The number of rotatable bonds is 5. The molecule has 0 bridgehead atoms. The predicted octanol–water partition coefficient (Wildman–Crippen LogP) is 4.86. The van der Waals surface area contributed by atoms with E-state index in [-0.39, 0.29) is 58.7 Å². The Bertz CT molecular complexity index is 1290. The van der Waals surface area contributed by atoms with Gasteiger partial charge in [-0.2, -0.15) is 0 Å². The van der Waals surface area contributed by atoms with Crippen molar-refractivity contribution in [3.63, 3.8) is 0 Å². The van der Waals surface area contributed by atoms with Gasteiger partial charge in [0.05, 0.1) is 30.4 Å². The van der Waals surface area contributed by atoms with Crippen LogP contribution in [0.5, 0.6) is 11.5 Å². The molecule has 0 radical (unpaired) electrons. The number of Topliss-reactive ketones (excluding diaryl/α,β-unsaturated/α-hetero) is 1. The van der Waals surface area contributed by atoms with Gasteiger partial charge in [-0.05, 0) is 24.6 Å². The van der Waals surface area contributed by atoms with Crippen molar-refractivity contribution in [1.29, 1.82) is 0 Å². The van der Waals surface area contributed by atoms with Gasteiger partial charge < -0.3 is 14.2 Å². The van der Waals surface area contributed by atoms with Crippen LogP contribution in [0.15, 0.2) is 60.7 Å². The molecule has 0 amide bonds. The summed E-state index contributed by atoms with van der Waals surface area (Å²) < 4.78 is 17.7. The van der Waals surface area contributed by atoms with E-state index in [2.05, 4.69) is 0 Å². The quantitative estimate of drug-likeness (QED) is 0.427. The van der Waals surface area contributed by atoms with E-state index < -0.39 is 6.10 Å². The zero-order valence-electron chi connectivity index (χ0n) is 19.0. The van der Waals surface area contributed by atoms with E-state index in [1.54, 1.807) is 30.3 Å². The van der Waals surface area contributed by atoms with Gasteiger partial charge in [-0.1, -0.05) is 48.5 Å². The highest BCUT2D eigenvalue weighted by atomic mass is 16.5. The predicted molar refractivity (Wildman–Crippen MR) is 125 cm³/mol. The van der Waals surface area contributed by atoms with Crippen LogP contribution >= 0.6 is 0 Å². The summed E-state index contributed by atoms with van der Waals surface area (Å²) >= 11 is 0. The summed E-state index contributed by atoms with van der Waals surface area (Å²) in [4.78, 5) is 39.5. The molecule has 2 aliphatic rings. The fraction of sp³-hybridized carbons (Fsp3) is 0.250. The first-order chi connectivity index (χ1) is 16.5. The monoisotopic (exact) mass is 456 g/mol. The maximum absolute atomic E-state index is 13.7. The molecule has 1 fully saturated rings. The molecule has 1 aliphatic heterocycles. The number of benzene rings is 3. The van der Waals surface area contributed by atoms with E-state index in [9.17, 15) is 14.4 Å². The largest absolute Gasteiger partial charge is 0.496 e. The van der Waals surface area contributed by atoms with Crippen LogP contribution in [0.1, 0.15) is 68.8 Å². The third-order valence-corrected chi connectivity index (χ3v) is 6.28. The smallest absolute Gasteiger partial charge is 0.198 e. The van der Waals surface area contributed by atoms with Crippen molar-refractivity contribution in [2.24, 2.45) is 0 Å². The molecule has 3 aromatic carbocycles. The molecule has 1 aliphatic carbocycles. The van der Waals surface area contributed by atoms with Crippen LogP contribution in [0.4, 0.5) is 0 Å². The molecule has 1 saturated heterocycles. The van der Waals surface area contributed by atoms with Gasteiger partial charge in [-0.15, -0.1) is 0 Å². The van der Waals surface area contributed by atoms with Crippen LogP contribution in [-0.4, -0.2) is 30.6 Å². The van der Waals surface area contributed by atoms with Gasteiger partial charge in [0.1, 0.15) is 23.9 Å². The van der Waals surface area contributed by atoms with E-state index in [0.717, 1.165) is 5.56 Å². The fourth-order valence-electron chi connectivity index (χ4n) is 4.72. The number of fused-ring (bicyclic) bond motifs is 2. The minimum Gasteiger partial charge on any atom is -0.496 e. The first-order valence-corrected chi connectivity index (χ1v) is 11.2. The van der Waals surface area contributed by atoms with Gasteiger partial charge in [-0.3, -0.25) is 14.4 Å². The Labute approximate surface area is 197 Å². The highest BCUT2D eigenvalue weighted by Crippen LogP contribution is 2.43. The molecule has 0 spiro atoms. The lowest BCUT2D eigenvalue weighted by atomic mass is 9.81. The van der Waals surface area contributed by atoms with Gasteiger partial charge in [0.2, 0.25) is 0 Å². The third-order valence-electron chi connectivity index (χ3n) is 6.28. The SMILES string of the molecule is COc1cccc2c1C(=O)c1ccc([C@H]3CC(=O)C[C@@H](C)O3)c(OCc3ccccc3)c1C2=O. The molecule has 172 valence electrons. The molecule has 0 saturated carbocycles. The molecular formula is C28H24O6. The second kappa shape index (κ2) is 8.88. The number of hydrogen-bond donors (Lipinski definition) is 0. The summed E-state index contributed by atoms with van der Waals surface area (Å²) in [6.07, 6.45) is -0.252. The standard InChI is InChI=1S/C28H24O6/c1-16-13-18(29)14-23(34-16)19-11-12-21-25(28(19)33-15-17-7-4-3-5-8-17)27(31)20-9-6-10-22(32-2)24(20)26(21)30/h3-12,16,23H,13-15H2,1-2H3/t16-,23-/m1/s1. The molecule has 1 heterocycles. The fourth-order valence-corrected chi connectivity index (χ4v) is 4.72. The van der Waals surface area contributed by atoms with Crippen LogP contribution in [0.25, 0.3) is 0 Å². The van der Waals surface area contributed by atoms with Crippen LogP contribution in [0.2, 0.25) is 0 Å². The molecule has 0 unspecified atom stereocenters. The molecule has 5 rings (SSSR count). The van der Waals surface area contributed by atoms with Crippen LogP contribution in [-0.2, 0) is 16.1 Å². The summed E-state index contributed by atoms with van der Waals surface area (Å²) in [5, 5.41) is 0. The van der Waals surface area contributed by atoms with Crippen molar-refractivity contribution < 1.29 is 28.6 Å². The number of carbonyl (C=O) groups excluding carboxylic acids is 3. The summed E-state index contributed by atoms with van der Waals surface area (Å²) in [5.74, 6) is 0.121. The molecular weight excluding hydrogens is 432 g/mol. The van der Waals surface area contributed by atoms with Crippen molar-refractivity contribution in [2.75, 3.05) is 7.11 Å². The Morgan fingerprint density at radius 2 is 1.59 bits per heavy atom. The van der Waals surface area contributed by atoms with Gasteiger partial charge in [-0.25, -0.2) is 0 Å². The van der Waals surface area contributed by atoms with E-state index in [0.29, 0.717) is 23.5 Å². The normalized spacial score (nSPS) is 19.4. The van der Waals surface area contributed by atoms with E-state index in [1.807, 2.05) is 37.3 Å². The summed E-state index contributed by atoms with van der Waals surface area (Å²) in [7, 11) is 1.47. The zero-order chi connectivity index (χ0) is 23.8. The van der Waals surface area contributed by atoms with E-state index >= 15 is 0 Å². The molecule has 6 heteroatoms. The number of hydrogen-bond acceptors (Lipinski definition) is 6. The summed E-state index contributed by atoms with van der Waals surface area (Å²) in [6, 6.07) is 17.9. The average molecular weight is 456 g/mol. The topological polar surface area (TPSA) is 78.9 Å². The Balaban J connectivity index is 1.65. The van der Waals surface area contributed by atoms with Crippen molar-refractivity contribution >= 4 is 17.3 Å². The molecule has 34 heavy (non-hydrogen) atoms. The Morgan fingerprint density at radius 3 is 2.32 bits per heavy atom. The number of ketones is 3. The summed E-state index contributed by atoms with van der Waals surface area (Å²) in [6.45, 7) is 2.05. The maximum atomic E-state index is 13.7. The second-order valence-corrected chi connectivity index (χ2v) is 8.60. The van der Waals surface area contributed by atoms with E-state index in [4.69, 9.17) is 14.2 Å². The van der Waals surface area contributed by atoms with E-state index in [1.165, 1.54) is 7.11 Å². The molecule has 0 aromatic heterocycles. The molecule has 0 N–H and O–H groups in total. The minimum atomic E-state index is -0.554.